The van der Waals surface area contributed by atoms with E-state index in [0.29, 0.717) is 6.54 Å². The van der Waals surface area contributed by atoms with Crippen molar-refractivity contribution in [2.75, 3.05) is 13.1 Å². The molecule has 1 saturated heterocycles. The predicted octanol–water partition coefficient (Wildman–Crippen LogP) is -0.354. The summed E-state index contributed by atoms with van der Waals surface area (Å²) in [4.78, 5) is 11.7. The Hall–Kier alpha value is -1.36. The topological polar surface area (TPSA) is 59.0 Å². The summed E-state index contributed by atoms with van der Waals surface area (Å²) in [6, 6.07) is 1.91. The zero-order valence-electron chi connectivity index (χ0n) is 8.86. The summed E-state index contributed by atoms with van der Waals surface area (Å²) in [7, 11) is 1.87. The molecule has 82 valence electrons. The Kier molecular flexibility index (Phi) is 3.01. The second-order valence-electron chi connectivity index (χ2n) is 3.85. The molecule has 2 rings (SSSR count). The van der Waals surface area contributed by atoms with Crippen molar-refractivity contribution in [2.45, 2.75) is 13.0 Å². The summed E-state index contributed by atoms with van der Waals surface area (Å²) in [5.74, 6) is 0.277. The van der Waals surface area contributed by atoms with E-state index in [4.69, 9.17) is 0 Å². The highest BCUT2D eigenvalue weighted by molar-refractivity contribution is 5.79. The number of aryl methyl sites for hydroxylation is 1. The second kappa shape index (κ2) is 4.44. The molecular formula is C10H16N4O. The van der Waals surface area contributed by atoms with Gasteiger partial charge >= 0.3 is 0 Å². The zero-order chi connectivity index (χ0) is 10.7. The van der Waals surface area contributed by atoms with E-state index < -0.39 is 0 Å². The van der Waals surface area contributed by atoms with Crippen molar-refractivity contribution in [3.63, 3.8) is 0 Å². The van der Waals surface area contributed by atoms with Crippen molar-refractivity contribution in [1.29, 1.82) is 0 Å². The average Bonchev–Trinajstić information content (AvgIpc) is 2.85. The van der Waals surface area contributed by atoms with Gasteiger partial charge in [0.05, 0.1) is 18.2 Å². The molecule has 5 heteroatoms. The van der Waals surface area contributed by atoms with Crippen LogP contribution in [0, 0.1) is 5.92 Å². The summed E-state index contributed by atoms with van der Waals surface area (Å²) < 4.78 is 1.77. The van der Waals surface area contributed by atoms with Crippen LogP contribution in [0.2, 0.25) is 0 Å². The third-order valence-corrected chi connectivity index (χ3v) is 2.80. The quantitative estimate of drug-likeness (QED) is 0.713. The molecule has 1 aromatic rings. The zero-order valence-corrected chi connectivity index (χ0v) is 8.86. The highest BCUT2D eigenvalue weighted by atomic mass is 16.1. The molecule has 1 aliphatic heterocycles. The lowest BCUT2D eigenvalue weighted by Gasteiger charge is -2.09. The number of aromatic nitrogens is 2. The molecule has 0 bridgehead atoms. The minimum atomic E-state index is 0.137. The molecule has 0 aliphatic carbocycles. The van der Waals surface area contributed by atoms with Crippen LogP contribution in [0.15, 0.2) is 12.3 Å². The molecule has 5 nitrogen and oxygen atoms in total. The highest BCUT2D eigenvalue weighted by Gasteiger charge is 2.21. The van der Waals surface area contributed by atoms with Crippen molar-refractivity contribution >= 4 is 5.91 Å². The lowest BCUT2D eigenvalue weighted by atomic mass is 10.1. The largest absolute Gasteiger partial charge is 0.350 e. The van der Waals surface area contributed by atoms with Crippen LogP contribution in [0.1, 0.15) is 12.1 Å². The molecule has 0 spiro atoms. The van der Waals surface area contributed by atoms with E-state index in [0.717, 1.165) is 25.2 Å². The second-order valence-corrected chi connectivity index (χ2v) is 3.85. The third-order valence-electron chi connectivity index (χ3n) is 2.80. The summed E-state index contributed by atoms with van der Waals surface area (Å²) in [5, 5.41) is 10.2. The lowest BCUT2D eigenvalue weighted by Crippen LogP contribution is -2.32. The van der Waals surface area contributed by atoms with Crippen LogP contribution in [-0.4, -0.2) is 28.8 Å². The summed E-state index contributed by atoms with van der Waals surface area (Å²) in [5.41, 5.74) is 1.02. The van der Waals surface area contributed by atoms with E-state index in [1.807, 2.05) is 13.1 Å². The maximum Gasteiger partial charge on any atom is 0.224 e. The molecule has 1 atom stereocenters. The van der Waals surface area contributed by atoms with Gasteiger partial charge in [-0.2, -0.15) is 5.10 Å². The molecule has 1 aliphatic rings. The molecule has 0 aromatic carbocycles. The average molecular weight is 208 g/mol. The number of rotatable bonds is 3. The Morgan fingerprint density at radius 1 is 1.80 bits per heavy atom. The Morgan fingerprint density at radius 3 is 3.27 bits per heavy atom. The van der Waals surface area contributed by atoms with Crippen LogP contribution in [0.4, 0.5) is 0 Å². The van der Waals surface area contributed by atoms with E-state index in [2.05, 4.69) is 15.7 Å². The van der Waals surface area contributed by atoms with Gasteiger partial charge in [0.15, 0.2) is 0 Å². The number of carbonyl (C=O) groups is 1. The molecule has 2 N–H and O–H groups in total. The third kappa shape index (κ3) is 2.36. The molecular weight excluding hydrogens is 192 g/mol. The molecule has 0 radical (unpaired) electrons. The summed E-state index contributed by atoms with van der Waals surface area (Å²) in [6.07, 6.45) is 2.68. The molecule has 15 heavy (non-hydrogen) atoms. The molecule has 1 aromatic heterocycles. The minimum Gasteiger partial charge on any atom is -0.350 e. The fourth-order valence-electron chi connectivity index (χ4n) is 1.78. The van der Waals surface area contributed by atoms with Gasteiger partial charge in [0.25, 0.3) is 0 Å². The Morgan fingerprint density at radius 2 is 2.67 bits per heavy atom. The number of hydrogen-bond acceptors (Lipinski definition) is 3. The highest BCUT2D eigenvalue weighted by Crippen LogP contribution is 2.07. The van der Waals surface area contributed by atoms with Gasteiger partial charge in [-0.3, -0.25) is 9.48 Å². The first kappa shape index (κ1) is 10.2. The number of nitrogens with zero attached hydrogens (tertiary/aromatic N) is 2. The minimum absolute atomic E-state index is 0.137. The van der Waals surface area contributed by atoms with Crippen molar-refractivity contribution in [1.82, 2.24) is 20.4 Å². The van der Waals surface area contributed by atoms with Crippen molar-refractivity contribution < 1.29 is 4.79 Å². The summed E-state index contributed by atoms with van der Waals surface area (Å²) >= 11 is 0. The number of nitrogens with one attached hydrogen (secondary N) is 2. The van der Waals surface area contributed by atoms with Crippen molar-refractivity contribution in [2.24, 2.45) is 13.0 Å². The number of amides is 1. The Labute approximate surface area is 88.8 Å². The van der Waals surface area contributed by atoms with Gasteiger partial charge in [-0.1, -0.05) is 0 Å². The summed E-state index contributed by atoms with van der Waals surface area (Å²) in [6.45, 7) is 2.31. The van der Waals surface area contributed by atoms with Gasteiger partial charge in [0.2, 0.25) is 5.91 Å². The van der Waals surface area contributed by atoms with Gasteiger partial charge in [0.1, 0.15) is 0 Å². The number of hydrogen-bond donors (Lipinski definition) is 2. The van der Waals surface area contributed by atoms with E-state index >= 15 is 0 Å². The molecule has 1 fully saturated rings. The Balaban J connectivity index is 1.83. The van der Waals surface area contributed by atoms with Crippen LogP contribution in [0.3, 0.4) is 0 Å². The molecule has 1 amide bonds. The van der Waals surface area contributed by atoms with E-state index in [-0.39, 0.29) is 11.8 Å². The SMILES string of the molecule is Cn1nccc1CNC(=O)[C@@H]1CCNC1. The standard InChI is InChI=1S/C10H16N4O/c1-14-9(3-5-13-14)7-12-10(15)8-2-4-11-6-8/h3,5,8,11H,2,4,6-7H2,1H3,(H,12,15)/t8-/m1/s1. The van der Waals surface area contributed by atoms with Crippen LogP contribution in [0.5, 0.6) is 0 Å². The van der Waals surface area contributed by atoms with Gasteiger partial charge in [-0.25, -0.2) is 0 Å². The number of carbonyl (C=O) groups excluding carboxylic acids is 1. The van der Waals surface area contributed by atoms with Crippen LogP contribution < -0.4 is 10.6 Å². The van der Waals surface area contributed by atoms with Gasteiger partial charge in [0, 0.05) is 19.8 Å². The molecule has 0 unspecified atom stereocenters. The fraction of sp³-hybridized carbons (Fsp3) is 0.600. The predicted molar refractivity (Wildman–Crippen MR) is 56.0 cm³/mol. The van der Waals surface area contributed by atoms with Crippen molar-refractivity contribution in [3.8, 4) is 0 Å². The van der Waals surface area contributed by atoms with Crippen LogP contribution in [-0.2, 0) is 18.4 Å². The van der Waals surface area contributed by atoms with Crippen LogP contribution in [0.25, 0.3) is 0 Å². The maximum atomic E-state index is 11.7. The Bertz CT molecular complexity index is 341. The first-order valence-electron chi connectivity index (χ1n) is 5.22. The van der Waals surface area contributed by atoms with Gasteiger partial charge in [-0.05, 0) is 19.0 Å². The normalized spacial score (nSPS) is 20.5. The monoisotopic (exact) mass is 208 g/mol. The van der Waals surface area contributed by atoms with E-state index in [9.17, 15) is 4.79 Å². The van der Waals surface area contributed by atoms with E-state index in [1.165, 1.54) is 0 Å². The lowest BCUT2D eigenvalue weighted by molar-refractivity contribution is -0.124. The molecule has 0 saturated carbocycles. The van der Waals surface area contributed by atoms with Crippen LogP contribution >= 0.6 is 0 Å². The van der Waals surface area contributed by atoms with Gasteiger partial charge in [-0.15, -0.1) is 0 Å². The fourth-order valence-corrected chi connectivity index (χ4v) is 1.78. The van der Waals surface area contributed by atoms with E-state index in [1.54, 1.807) is 10.9 Å². The first-order valence-corrected chi connectivity index (χ1v) is 5.22. The molecule has 2 heterocycles. The van der Waals surface area contributed by atoms with Gasteiger partial charge < -0.3 is 10.6 Å². The van der Waals surface area contributed by atoms with Crippen molar-refractivity contribution in [3.05, 3.63) is 18.0 Å². The maximum absolute atomic E-state index is 11.7. The first-order chi connectivity index (χ1) is 7.27. The smallest absolute Gasteiger partial charge is 0.224 e.